The van der Waals surface area contributed by atoms with E-state index >= 15 is 0 Å². The minimum Gasteiger partial charge on any atom is -0.357 e. The Morgan fingerprint density at radius 3 is 2.78 bits per heavy atom. The van der Waals surface area contributed by atoms with Gasteiger partial charge in [0.15, 0.2) is 5.96 Å². The van der Waals surface area contributed by atoms with Crippen molar-refractivity contribution < 1.29 is 0 Å². The fourth-order valence-corrected chi connectivity index (χ4v) is 3.58. The summed E-state index contributed by atoms with van der Waals surface area (Å²) in [6.45, 7) is 4.72. The third-order valence-corrected chi connectivity index (χ3v) is 5.36. The highest BCUT2D eigenvalue weighted by Gasteiger charge is 2.44. The molecular formula is C20H29BrIN5. The minimum atomic E-state index is 0. The summed E-state index contributed by atoms with van der Waals surface area (Å²) in [5.74, 6) is 0.917. The summed E-state index contributed by atoms with van der Waals surface area (Å²) in [5, 5.41) is 11.0. The van der Waals surface area contributed by atoms with Crippen molar-refractivity contribution in [2.24, 2.45) is 12.0 Å². The molecule has 0 bridgehead atoms. The SMILES string of the molecule is CCNC(=NCC1(c2cccc(Br)c2)CC1)NCCCc1cnn(C)c1.I. The van der Waals surface area contributed by atoms with Gasteiger partial charge < -0.3 is 10.6 Å². The molecule has 0 saturated heterocycles. The number of guanidine groups is 1. The van der Waals surface area contributed by atoms with Gasteiger partial charge in [0.1, 0.15) is 0 Å². The summed E-state index contributed by atoms with van der Waals surface area (Å²) >= 11 is 3.58. The third kappa shape index (κ3) is 6.48. The molecule has 5 nitrogen and oxygen atoms in total. The van der Waals surface area contributed by atoms with Gasteiger partial charge in [-0.15, -0.1) is 24.0 Å². The Balaban J connectivity index is 0.00000261. The molecule has 1 aliphatic carbocycles. The van der Waals surface area contributed by atoms with Crippen molar-refractivity contribution in [3.8, 4) is 0 Å². The number of aliphatic imine (C=N–C) groups is 1. The van der Waals surface area contributed by atoms with E-state index in [1.807, 2.05) is 17.9 Å². The van der Waals surface area contributed by atoms with Crippen LogP contribution in [0.4, 0.5) is 0 Å². The van der Waals surface area contributed by atoms with Gasteiger partial charge in [-0.25, -0.2) is 0 Å². The molecule has 0 unspecified atom stereocenters. The maximum Gasteiger partial charge on any atom is 0.191 e. The van der Waals surface area contributed by atoms with Crippen molar-refractivity contribution in [3.05, 3.63) is 52.3 Å². The smallest absolute Gasteiger partial charge is 0.191 e. The molecule has 3 rings (SSSR count). The maximum atomic E-state index is 4.87. The molecule has 7 heteroatoms. The first-order valence-corrected chi connectivity index (χ1v) is 10.2. The van der Waals surface area contributed by atoms with Crippen LogP contribution in [0.1, 0.15) is 37.3 Å². The lowest BCUT2D eigenvalue weighted by Crippen LogP contribution is -2.38. The Bertz CT molecular complexity index is 754. The van der Waals surface area contributed by atoms with Gasteiger partial charge in [-0.3, -0.25) is 9.67 Å². The summed E-state index contributed by atoms with van der Waals surface area (Å²) in [6.07, 6.45) is 8.54. The van der Waals surface area contributed by atoms with Crippen LogP contribution in [0.5, 0.6) is 0 Å². The Morgan fingerprint density at radius 2 is 2.15 bits per heavy atom. The van der Waals surface area contributed by atoms with E-state index < -0.39 is 0 Å². The monoisotopic (exact) mass is 545 g/mol. The van der Waals surface area contributed by atoms with Crippen molar-refractivity contribution in [1.82, 2.24) is 20.4 Å². The fraction of sp³-hybridized carbons (Fsp3) is 0.500. The van der Waals surface area contributed by atoms with Crippen LogP contribution in [-0.4, -0.2) is 35.4 Å². The normalized spacial score (nSPS) is 15.1. The number of hydrogen-bond acceptors (Lipinski definition) is 2. The van der Waals surface area contributed by atoms with E-state index in [1.54, 1.807) is 0 Å². The van der Waals surface area contributed by atoms with Gasteiger partial charge in [-0.1, -0.05) is 28.1 Å². The third-order valence-electron chi connectivity index (χ3n) is 4.87. The van der Waals surface area contributed by atoms with E-state index in [-0.39, 0.29) is 29.4 Å². The van der Waals surface area contributed by atoms with Crippen molar-refractivity contribution in [2.45, 2.75) is 38.0 Å². The molecule has 2 aromatic rings. The van der Waals surface area contributed by atoms with Gasteiger partial charge in [0.25, 0.3) is 0 Å². The van der Waals surface area contributed by atoms with Crippen LogP contribution in [0, 0.1) is 0 Å². The molecule has 1 saturated carbocycles. The van der Waals surface area contributed by atoms with Crippen LogP contribution < -0.4 is 10.6 Å². The van der Waals surface area contributed by atoms with Crippen molar-refractivity contribution in [1.29, 1.82) is 0 Å². The second-order valence-electron chi connectivity index (χ2n) is 7.04. The molecule has 0 spiro atoms. The zero-order valence-corrected chi connectivity index (χ0v) is 20.0. The van der Waals surface area contributed by atoms with Crippen LogP contribution in [0.2, 0.25) is 0 Å². The highest BCUT2D eigenvalue weighted by Crippen LogP contribution is 2.48. The van der Waals surface area contributed by atoms with Gasteiger partial charge in [0, 0.05) is 36.2 Å². The maximum absolute atomic E-state index is 4.87. The first-order chi connectivity index (χ1) is 12.6. The van der Waals surface area contributed by atoms with Crippen molar-refractivity contribution >= 4 is 45.9 Å². The lowest BCUT2D eigenvalue weighted by atomic mass is 9.96. The van der Waals surface area contributed by atoms with E-state index in [2.05, 4.69) is 69.0 Å². The summed E-state index contributed by atoms with van der Waals surface area (Å²) in [6, 6.07) is 8.65. The molecule has 0 aliphatic heterocycles. The summed E-state index contributed by atoms with van der Waals surface area (Å²) < 4.78 is 3.00. The van der Waals surface area contributed by atoms with E-state index in [1.165, 1.54) is 24.0 Å². The number of hydrogen-bond donors (Lipinski definition) is 2. The van der Waals surface area contributed by atoms with Gasteiger partial charge in [0.2, 0.25) is 0 Å². The highest BCUT2D eigenvalue weighted by molar-refractivity contribution is 14.0. The van der Waals surface area contributed by atoms with Crippen molar-refractivity contribution in [2.75, 3.05) is 19.6 Å². The Hall–Kier alpha value is -1.09. The molecule has 0 radical (unpaired) electrons. The fourth-order valence-electron chi connectivity index (χ4n) is 3.18. The first kappa shape index (κ1) is 22.2. The number of nitrogens with one attached hydrogen (secondary N) is 2. The molecule has 1 heterocycles. The van der Waals surface area contributed by atoms with Crippen LogP contribution in [0.15, 0.2) is 46.1 Å². The first-order valence-electron chi connectivity index (χ1n) is 9.37. The van der Waals surface area contributed by atoms with Crippen molar-refractivity contribution in [3.63, 3.8) is 0 Å². The molecule has 0 amide bonds. The van der Waals surface area contributed by atoms with Gasteiger partial charge in [-0.2, -0.15) is 5.10 Å². The van der Waals surface area contributed by atoms with E-state index in [9.17, 15) is 0 Å². The quantitative estimate of drug-likeness (QED) is 0.228. The van der Waals surface area contributed by atoms with E-state index in [4.69, 9.17) is 4.99 Å². The Kier molecular flexibility index (Phi) is 8.60. The zero-order valence-electron chi connectivity index (χ0n) is 16.0. The summed E-state index contributed by atoms with van der Waals surface area (Å²) in [5.41, 5.74) is 2.90. The molecular weight excluding hydrogens is 517 g/mol. The second kappa shape index (κ2) is 10.5. The highest BCUT2D eigenvalue weighted by atomic mass is 127. The van der Waals surface area contributed by atoms with E-state index in [0.29, 0.717) is 0 Å². The number of benzene rings is 1. The average molecular weight is 546 g/mol. The minimum absolute atomic E-state index is 0. The topological polar surface area (TPSA) is 54.2 Å². The average Bonchev–Trinajstić information content (AvgIpc) is 3.31. The number of nitrogens with zero attached hydrogens (tertiary/aromatic N) is 3. The number of rotatable bonds is 8. The number of halogens is 2. The van der Waals surface area contributed by atoms with Crippen LogP contribution >= 0.6 is 39.9 Å². The molecule has 1 aromatic heterocycles. The van der Waals surface area contributed by atoms with Crippen LogP contribution in [-0.2, 0) is 18.9 Å². The lowest BCUT2D eigenvalue weighted by molar-refractivity contribution is 0.686. The molecule has 0 atom stereocenters. The van der Waals surface area contributed by atoms with Gasteiger partial charge in [-0.05, 0) is 55.9 Å². The zero-order chi connectivity index (χ0) is 18.4. The molecule has 27 heavy (non-hydrogen) atoms. The van der Waals surface area contributed by atoms with Crippen LogP contribution in [0.25, 0.3) is 0 Å². The van der Waals surface area contributed by atoms with Gasteiger partial charge >= 0.3 is 0 Å². The number of aromatic nitrogens is 2. The molecule has 1 aromatic carbocycles. The molecule has 1 fully saturated rings. The van der Waals surface area contributed by atoms with Crippen LogP contribution in [0.3, 0.4) is 0 Å². The van der Waals surface area contributed by atoms with Gasteiger partial charge in [0.05, 0.1) is 12.7 Å². The predicted molar refractivity (Wildman–Crippen MR) is 126 cm³/mol. The second-order valence-corrected chi connectivity index (χ2v) is 7.95. The molecule has 148 valence electrons. The summed E-state index contributed by atoms with van der Waals surface area (Å²) in [7, 11) is 1.96. The molecule has 1 aliphatic rings. The standard InChI is InChI=1S/C20H28BrN5.HI/c1-3-22-19(23-11-5-6-16-13-25-26(2)14-16)24-15-20(9-10-20)17-7-4-8-18(21)12-17;/h4,7-8,12-14H,3,5-6,9-11,15H2,1-2H3,(H2,22,23,24);1H. The Labute approximate surface area is 187 Å². The number of aryl methyl sites for hydroxylation is 2. The Morgan fingerprint density at radius 1 is 1.33 bits per heavy atom. The molecule has 2 N–H and O–H groups in total. The largest absolute Gasteiger partial charge is 0.357 e. The van der Waals surface area contributed by atoms with E-state index in [0.717, 1.165) is 42.9 Å². The summed E-state index contributed by atoms with van der Waals surface area (Å²) in [4.78, 5) is 4.87. The lowest BCUT2D eigenvalue weighted by Gasteiger charge is -2.16. The predicted octanol–water partition coefficient (Wildman–Crippen LogP) is 4.02.